The maximum Gasteiger partial charge on any atom is 0.224 e. The molecule has 0 aromatic heterocycles. The maximum absolute atomic E-state index is 12.1. The summed E-state index contributed by atoms with van der Waals surface area (Å²) in [5, 5.41) is 3.20. The molecule has 0 aromatic rings. The smallest absolute Gasteiger partial charge is 0.224 e. The van der Waals surface area contributed by atoms with Crippen LogP contribution < -0.4 is 5.32 Å². The number of hydrogen-bond donors (Lipinski definition) is 1. The van der Waals surface area contributed by atoms with Gasteiger partial charge in [0.05, 0.1) is 11.5 Å². The summed E-state index contributed by atoms with van der Waals surface area (Å²) in [6.07, 6.45) is 1.01. The van der Waals surface area contributed by atoms with Gasteiger partial charge in [-0.25, -0.2) is 8.42 Å². The van der Waals surface area contributed by atoms with Gasteiger partial charge in [-0.15, -0.1) is 0 Å². The van der Waals surface area contributed by atoms with E-state index in [-0.39, 0.29) is 29.5 Å². The van der Waals surface area contributed by atoms with Crippen molar-refractivity contribution < 1.29 is 13.2 Å². The van der Waals surface area contributed by atoms with E-state index >= 15 is 0 Å². The Labute approximate surface area is 110 Å². The lowest BCUT2D eigenvalue weighted by Gasteiger charge is -2.28. The average molecular weight is 276 g/mol. The van der Waals surface area contributed by atoms with E-state index in [0.717, 1.165) is 6.54 Å². The molecule has 6 heteroatoms. The molecule has 2 atom stereocenters. The van der Waals surface area contributed by atoms with E-state index in [2.05, 4.69) is 5.32 Å². The molecular weight excluding hydrogens is 252 g/mol. The lowest BCUT2D eigenvalue weighted by Crippen LogP contribution is -2.43. The first-order valence-electron chi connectivity index (χ1n) is 6.62. The van der Waals surface area contributed by atoms with Gasteiger partial charge < -0.3 is 10.2 Å². The summed E-state index contributed by atoms with van der Waals surface area (Å²) < 4.78 is 22.9. The van der Waals surface area contributed by atoms with Crippen LogP contribution in [0.5, 0.6) is 0 Å². The standard InChI is InChI=1S/C12H24N2O3S/c1-4-13-10(3)8-12(15)14(5-2)11-6-7-18(16,17)9-11/h10-11,13H,4-9H2,1-3H3. The fourth-order valence-corrected chi connectivity index (χ4v) is 4.19. The van der Waals surface area contributed by atoms with Crippen LogP contribution in [0.2, 0.25) is 0 Å². The highest BCUT2D eigenvalue weighted by Gasteiger charge is 2.33. The normalized spacial score (nSPS) is 23.8. The van der Waals surface area contributed by atoms with Crippen LogP contribution in [0.3, 0.4) is 0 Å². The molecule has 0 spiro atoms. The second kappa shape index (κ2) is 6.52. The van der Waals surface area contributed by atoms with Gasteiger partial charge in [-0.2, -0.15) is 0 Å². The molecule has 1 aliphatic rings. The van der Waals surface area contributed by atoms with Gasteiger partial charge in [0, 0.05) is 25.0 Å². The summed E-state index contributed by atoms with van der Waals surface area (Å²) in [7, 11) is -2.93. The zero-order chi connectivity index (χ0) is 13.8. The van der Waals surface area contributed by atoms with Crippen LogP contribution in [-0.2, 0) is 14.6 Å². The van der Waals surface area contributed by atoms with Crippen LogP contribution in [0.15, 0.2) is 0 Å². The molecule has 18 heavy (non-hydrogen) atoms. The van der Waals surface area contributed by atoms with Crippen molar-refractivity contribution in [2.45, 2.75) is 45.7 Å². The maximum atomic E-state index is 12.1. The summed E-state index contributed by atoms with van der Waals surface area (Å²) >= 11 is 0. The molecule has 0 saturated carbocycles. The summed E-state index contributed by atoms with van der Waals surface area (Å²) in [6.45, 7) is 7.29. The third-order valence-electron chi connectivity index (χ3n) is 3.34. The molecule has 0 aliphatic carbocycles. The minimum Gasteiger partial charge on any atom is -0.339 e. The highest BCUT2D eigenvalue weighted by atomic mass is 32.2. The molecule has 0 bridgehead atoms. The van der Waals surface area contributed by atoms with Gasteiger partial charge in [0.15, 0.2) is 9.84 Å². The highest BCUT2D eigenvalue weighted by Crippen LogP contribution is 2.18. The molecule has 106 valence electrons. The third-order valence-corrected chi connectivity index (χ3v) is 5.09. The fraction of sp³-hybridized carbons (Fsp3) is 0.917. The topological polar surface area (TPSA) is 66.5 Å². The zero-order valence-corrected chi connectivity index (χ0v) is 12.3. The largest absolute Gasteiger partial charge is 0.339 e. The molecule has 1 N–H and O–H groups in total. The molecule has 0 radical (unpaired) electrons. The van der Waals surface area contributed by atoms with Crippen LogP contribution >= 0.6 is 0 Å². The lowest BCUT2D eigenvalue weighted by atomic mass is 10.1. The van der Waals surface area contributed by atoms with E-state index in [0.29, 0.717) is 19.4 Å². The molecule has 1 fully saturated rings. The van der Waals surface area contributed by atoms with Crippen LogP contribution in [0.25, 0.3) is 0 Å². The summed E-state index contributed by atoms with van der Waals surface area (Å²) in [4.78, 5) is 13.9. The number of nitrogens with zero attached hydrogens (tertiary/aromatic N) is 1. The molecule has 5 nitrogen and oxygen atoms in total. The first kappa shape index (κ1) is 15.4. The molecule has 1 aliphatic heterocycles. The average Bonchev–Trinajstić information content (AvgIpc) is 2.60. The minimum absolute atomic E-state index is 0.0491. The van der Waals surface area contributed by atoms with E-state index in [4.69, 9.17) is 0 Å². The van der Waals surface area contributed by atoms with Crippen molar-refractivity contribution >= 4 is 15.7 Å². The van der Waals surface area contributed by atoms with Crippen molar-refractivity contribution in [2.75, 3.05) is 24.6 Å². The van der Waals surface area contributed by atoms with E-state index in [9.17, 15) is 13.2 Å². The van der Waals surface area contributed by atoms with E-state index in [1.165, 1.54) is 0 Å². The predicted octanol–water partition coefficient (Wildman–Crippen LogP) is 0.410. The van der Waals surface area contributed by atoms with Crippen LogP contribution in [0.4, 0.5) is 0 Å². The zero-order valence-electron chi connectivity index (χ0n) is 11.5. The van der Waals surface area contributed by atoms with Crippen molar-refractivity contribution in [2.24, 2.45) is 0 Å². The summed E-state index contributed by atoms with van der Waals surface area (Å²) in [6, 6.07) is 0.0101. The SMILES string of the molecule is CCNC(C)CC(=O)N(CC)C1CCS(=O)(=O)C1. The molecule has 1 amide bonds. The van der Waals surface area contributed by atoms with Gasteiger partial charge in [-0.3, -0.25) is 4.79 Å². The van der Waals surface area contributed by atoms with Crippen molar-refractivity contribution in [1.82, 2.24) is 10.2 Å². The van der Waals surface area contributed by atoms with Gasteiger partial charge in [-0.05, 0) is 26.8 Å². The first-order valence-corrected chi connectivity index (χ1v) is 8.45. The Morgan fingerprint density at radius 1 is 1.44 bits per heavy atom. The quantitative estimate of drug-likeness (QED) is 0.763. The second-order valence-electron chi connectivity index (χ2n) is 4.90. The van der Waals surface area contributed by atoms with Crippen molar-refractivity contribution in [3.8, 4) is 0 Å². The van der Waals surface area contributed by atoms with Crippen LogP contribution in [-0.4, -0.2) is 55.9 Å². The number of nitrogens with one attached hydrogen (secondary N) is 1. The van der Waals surface area contributed by atoms with Gasteiger partial charge in [-0.1, -0.05) is 6.92 Å². The predicted molar refractivity (Wildman–Crippen MR) is 72.2 cm³/mol. The summed E-state index contributed by atoms with van der Waals surface area (Å²) in [5.74, 6) is 0.389. The second-order valence-corrected chi connectivity index (χ2v) is 7.13. The number of hydrogen-bond acceptors (Lipinski definition) is 4. The number of carbonyl (C=O) groups excluding carboxylic acids is 1. The van der Waals surface area contributed by atoms with E-state index in [1.807, 2.05) is 20.8 Å². The van der Waals surface area contributed by atoms with E-state index in [1.54, 1.807) is 4.90 Å². The Kier molecular flexibility index (Phi) is 5.59. The molecule has 1 saturated heterocycles. The number of amides is 1. The molecule has 1 heterocycles. The molecule has 2 unspecified atom stereocenters. The number of sulfone groups is 1. The lowest BCUT2D eigenvalue weighted by molar-refractivity contribution is -0.133. The van der Waals surface area contributed by atoms with Crippen molar-refractivity contribution in [3.05, 3.63) is 0 Å². The number of carbonyl (C=O) groups is 1. The highest BCUT2D eigenvalue weighted by molar-refractivity contribution is 7.91. The Morgan fingerprint density at radius 3 is 2.56 bits per heavy atom. The van der Waals surface area contributed by atoms with Crippen molar-refractivity contribution in [3.63, 3.8) is 0 Å². The Hall–Kier alpha value is -0.620. The minimum atomic E-state index is -2.93. The van der Waals surface area contributed by atoms with Crippen LogP contribution in [0, 0.1) is 0 Å². The van der Waals surface area contributed by atoms with Gasteiger partial charge >= 0.3 is 0 Å². The monoisotopic (exact) mass is 276 g/mol. The Morgan fingerprint density at radius 2 is 2.11 bits per heavy atom. The first-order chi connectivity index (χ1) is 8.39. The van der Waals surface area contributed by atoms with E-state index < -0.39 is 9.84 Å². The van der Waals surface area contributed by atoms with Crippen LogP contribution in [0.1, 0.15) is 33.6 Å². The molecular formula is C12H24N2O3S. The van der Waals surface area contributed by atoms with Crippen molar-refractivity contribution in [1.29, 1.82) is 0 Å². The van der Waals surface area contributed by atoms with Gasteiger partial charge in [0.2, 0.25) is 5.91 Å². The summed E-state index contributed by atoms with van der Waals surface area (Å²) in [5.41, 5.74) is 0. The third kappa shape index (κ3) is 4.24. The van der Waals surface area contributed by atoms with Gasteiger partial charge in [0.25, 0.3) is 0 Å². The number of rotatable bonds is 6. The molecule has 1 rings (SSSR count). The fourth-order valence-electron chi connectivity index (χ4n) is 2.46. The Bertz CT molecular complexity index is 381. The Balaban J connectivity index is 2.58. The van der Waals surface area contributed by atoms with Gasteiger partial charge in [0.1, 0.15) is 0 Å². The molecule has 0 aromatic carbocycles.